The van der Waals surface area contributed by atoms with Crippen molar-refractivity contribution < 1.29 is 14.6 Å². The summed E-state index contributed by atoms with van der Waals surface area (Å²) in [5.74, 6) is 1.03. The van der Waals surface area contributed by atoms with Crippen LogP contribution in [0.15, 0.2) is 42.0 Å². The first kappa shape index (κ1) is 20.8. The maximum Gasteiger partial charge on any atom is 0.318 e. The van der Waals surface area contributed by atoms with Crippen molar-refractivity contribution in [3.8, 4) is 6.07 Å². The fourth-order valence-corrected chi connectivity index (χ4v) is 8.37. The highest BCUT2D eigenvalue weighted by atomic mass is 16.5. The fraction of sp³-hybridized carbons (Fsp3) is 0.630. The van der Waals surface area contributed by atoms with Crippen LogP contribution in [0.1, 0.15) is 52.0 Å². The van der Waals surface area contributed by atoms with Crippen molar-refractivity contribution in [3.63, 3.8) is 0 Å². The van der Waals surface area contributed by atoms with E-state index in [1.54, 1.807) is 0 Å². The lowest BCUT2D eigenvalue weighted by Crippen LogP contribution is -2.62. The third kappa shape index (κ3) is 2.31. The molecule has 164 valence electrons. The average molecular weight is 420 g/mol. The summed E-state index contributed by atoms with van der Waals surface area (Å²) in [7, 11) is 0. The number of nitriles is 1. The minimum Gasteiger partial charge on any atom is -0.460 e. The van der Waals surface area contributed by atoms with Crippen LogP contribution >= 0.6 is 0 Å². The standard InChI is InChI=1S/C27H33NO3/c1-17(2)23-11-20-12-25(15-28)22-10-9-18(3)21(22)13-26(20,16-29)27(23,25)24(30)31-14-19-7-5-4-6-8-19/h4-8,11,17-18,20-22,29H,9-10,12-14,16H2,1-3H3/t18-,20?,21-,22-,25?,26?,27?/m1/s1. The number of carbonyl (C=O) groups is 1. The predicted octanol–water partition coefficient (Wildman–Crippen LogP) is 4.89. The van der Waals surface area contributed by atoms with E-state index in [9.17, 15) is 15.2 Å². The molecule has 4 heteroatoms. The van der Waals surface area contributed by atoms with Gasteiger partial charge in [-0.3, -0.25) is 4.79 Å². The van der Waals surface area contributed by atoms with Crippen molar-refractivity contribution in [2.75, 3.05) is 6.61 Å². The summed E-state index contributed by atoms with van der Waals surface area (Å²) in [5, 5.41) is 21.7. The topological polar surface area (TPSA) is 70.3 Å². The number of carbonyl (C=O) groups excluding carboxylic acids is 1. The number of benzene rings is 1. The molecule has 4 unspecified atom stereocenters. The monoisotopic (exact) mass is 419 g/mol. The highest BCUT2D eigenvalue weighted by Gasteiger charge is 2.84. The lowest BCUT2D eigenvalue weighted by Gasteiger charge is -2.57. The van der Waals surface area contributed by atoms with Crippen molar-refractivity contribution >= 4 is 5.97 Å². The van der Waals surface area contributed by atoms with E-state index in [0.717, 1.165) is 30.4 Å². The zero-order valence-corrected chi connectivity index (χ0v) is 18.8. The maximum atomic E-state index is 14.2. The van der Waals surface area contributed by atoms with Gasteiger partial charge in [-0.05, 0) is 54.4 Å². The van der Waals surface area contributed by atoms with E-state index in [1.165, 1.54) is 0 Å². The molecule has 5 rings (SSSR count). The Morgan fingerprint density at radius 1 is 1.26 bits per heavy atom. The summed E-state index contributed by atoms with van der Waals surface area (Å²) in [5.41, 5.74) is -0.458. The number of ether oxygens (including phenoxy) is 1. The highest BCUT2D eigenvalue weighted by molar-refractivity contribution is 5.87. The van der Waals surface area contributed by atoms with Gasteiger partial charge in [0.25, 0.3) is 0 Å². The molecule has 0 aliphatic heterocycles. The Bertz CT molecular complexity index is 962. The van der Waals surface area contributed by atoms with Gasteiger partial charge in [0.15, 0.2) is 0 Å². The molecule has 1 aromatic rings. The van der Waals surface area contributed by atoms with E-state index in [4.69, 9.17) is 4.74 Å². The van der Waals surface area contributed by atoms with Crippen molar-refractivity contribution in [2.24, 2.45) is 45.8 Å². The van der Waals surface area contributed by atoms with Crippen LogP contribution in [0.5, 0.6) is 0 Å². The second kappa shape index (κ2) is 6.94. The molecule has 0 heterocycles. The minimum atomic E-state index is -1.04. The van der Waals surface area contributed by atoms with Crippen molar-refractivity contribution in [1.29, 1.82) is 5.26 Å². The van der Waals surface area contributed by atoms with E-state index in [0.29, 0.717) is 18.3 Å². The number of esters is 1. The van der Waals surface area contributed by atoms with Gasteiger partial charge in [-0.2, -0.15) is 5.26 Å². The van der Waals surface area contributed by atoms with E-state index in [-0.39, 0.29) is 36.9 Å². The lowest BCUT2D eigenvalue weighted by molar-refractivity contribution is -0.184. The van der Waals surface area contributed by atoms with Crippen molar-refractivity contribution in [1.82, 2.24) is 0 Å². The van der Waals surface area contributed by atoms with Gasteiger partial charge in [0.1, 0.15) is 12.0 Å². The highest BCUT2D eigenvalue weighted by Crippen LogP contribution is 2.83. The minimum absolute atomic E-state index is 0.0653. The number of hydrogen-bond acceptors (Lipinski definition) is 4. The van der Waals surface area contributed by atoms with Gasteiger partial charge in [0.2, 0.25) is 0 Å². The fourth-order valence-electron chi connectivity index (χ4n) is 8.37. The molecule has 0 saturated heterocycles. The van der Waals surface area contributed by atoms with Gasteiger partial charge in [-0.15, -0.1) is 0 Å². The Morgan fingerprint density at radius 3 is 2.65 bits per heavy atom. The number of allylic oxidation sites excluding steroid dienone is 1. The smallest absolute Gasteiger partial charge is 0.318 e. The zero-order chi connectivity index (χ0) is 22.0. The molecule has 0 amide bonds. The Balaban J connectivity index is 1.65. The molecular formula is C27H33NO3. The summed E-state index contributed by atoms with van der Waals surface area (Å²) in [4.78, 5) is 14.2. The summed E-state index contributed by atoms with van der Waals surface area (Å²) in [6, 6.07) is 12.5. The van der Waals surface area contributed by atoms with Gasteiger partial charge in [-0.1, -0.05) is 69.2 Å². The predicted molar refractivity (Wildman–Crippen MR) is 117 cm³/mol. The Hall–Kier alpha value is -2.12. The van der Waals surface area contributed by atoms with Gasteiger partial charge in [0, 0.05) is 5.41 Å². The molecule has 4 aliphatic carbocycles. The maximum absolute atomic E-state index is 14.2. The van der Waals surface area contributed by atoms with Crippen LogP contribution in [0.3, 0.4) is 0 Å². The Kier molecular flexibility index (Phi) is 4.65. The van der Waals surface area contributed by atoms with Gasteiger partial charge >= 0.3 is 5.97 Å². The van der Waals surface area contributed by atoms with Crippen LogP contribution in [0.25, 0.3) is 0 Å². The molecule has 4 nitrogen and oxygen atoms in total. The first-order valence-corrected chi connectivity index (χ1v) is 11.8. The molecule has 4 bridgehead atoms. The van der Waals surface area contributed by atoms with Gasteiger partial charge < -0.3 is 9.84 Å². The summed E-state index contributed by atoms with van der Waals surface area (Å²) in [6.07, 6.45) is 5.82. The van der Waals surface area contributed by atoms with Gasteiger partial charge in [0.05, 0.1) is 18.1 Å². The molecule has 4 aliphatic rings. The first-order chi connectivity index (χ1) is 14.9. The number of aliphatic hydroxyl groups excluding tert-OH is 1. The van der Waals surface area contributed by atoms with Crippen molar-refractivity contribution in [3.05, 3.63) is 47.5 Å². The molecule has 3 fully saturated rings. The number of fused-ring (bicyclic) bond motifs is 2. The van der Waals surface area contributed by atoms with Crippen LogP contribution in [-0.4, -0.2) is 17.7 Å². The average Bonchev–Trinajstić information content (AvgIpc) is 3.35. The SMILES string of the molecule is CC(C)C1=CC2CC3(C#N)[C@@H]4CC[C@@H](C)[C@H]4CC2(CO)C13C(=O)OCc1ccccc1. The van der Waals surface area contributed by atoms with Crippen LogP contribution in [-0.2, 0) is 16.1 Å². The summed E-state index contributed by atoms with van der Waals surface area (Å²) < 4.78 is 6.04. The molecule has 1 N–H and O–H groups in total. The lowest BCUT2D eigenvalue weighted by atomic mass is 9.43. The van der Waals surface area contributed by atoms with Crippen LogP contribution in [0, 0.1) is 57.2 Å². The summed E-state index contributed by atoms with van der Waals surface area (Å²) in [6.45, 7) is 6.64. The molecule has 31 heavy (non-hydrogen) atoms. The van der Waals surface area contributed by atoms with E-state index in [1.807, 2.05) is 30.3 Å². The molecule has 1 aromatic carbocycles. The second-order valence-electron chi connectivity index (χ2n) is 10.8. The van der Waals surface area contributed by atoms with E-state index in [2.05, 4.69) is 32.9 Å². The molecular weight excluding hydrogens is 386 g/mol. The van der Waals surface area contributed by atoms with Crippen molar-refractivity contribution in [2.45, 2.75) is 53.1 Å². The normalized spacial score (nSPS) is 42.3. The largest absolute Gasteiger partial charge is 0.460 e. The molecule has 0 radical (unpaired) electrons. The number of nitrogens with zero attached hydrogens (tertiary/aromatic N) is 1. The quantitative estimate of drug-likeness (QED) is 0.545. The van der Waals surface area contributed by atoms with Crippen LogP contribution in [0.2, 0.25) is 0 Å². The number of rotatable bonds is 5. The molecule has 0 spiro atoms. The van der Waals surface area contributed by atoms with E-state index < -0.39 is 16.2 Å². The number of hydrogen-bond donors (Lipinski definition) is 1. The molecule has 7 atom stereocenters. The Labute approximate surface area is 185 Å². The van der Waals surface area contributed by atoms with Gasteiger partial charge in [-0.25, -0.2) is 0 Å². The zero-order valence-electron chi connectivity index (χ0n) is 18.8. The Morgan fingerprint density at radius 2 is 2.00 bits per heavy atom. The molecule has 3 saturated carbocycles. The molecule has 0 aromatic heterocycles. The summed E-state index contributed by atoms with van der Waals surface area (Å²) >= 11 is 0. The van der Waals surface area contributed by atoms with Crippen LogP contribution in [0.4, 0.5) is 0 Å². The second-order valence-corrected chi connectivity index (χ2v) is 10.8. The number of aliphatic hydroxyl groups is 1. The van der Waals surface area contributed by atoms with Crippen LogP contribution < -0.4 is 0 Å². The third-order valence-electron chi connectivity index (χ3n) is 9.52. The van der Waals surface area contributed by atoms with E-state index >= 15 is 0 Å². The first-order valence-electron chi connectivity index (χ1n) is 11.8. The third-order valence-corrected chi connectivity index (χ3v) is 9.52.